The Hall–Kier alpha value is -1.40. The van der Waals surface area contributed by atoms with Crippen molar-refractivity contribution in [3.05, 3.63) is 18.0 Å². The zero-order valence-electron chi connectivity index (χ0n) is 13.2. The summed E-state index contributed by atoms with van der Waals surface area (Å²) in [6.45, 7) is 2.29. The number of amides is 1. The van der Waals surface area contributed by atoms with Crippen molar-refractivity contribution >= 4 is 5.91 Å². The van der Waals surface area contributed by atoms with Gasteiger partial charge in [-0.1, -0.05) is 0 Å². The molecule has 6 nitrogen and oxygen atoms in total. The van der Waals surface area contributed by atoms with Crippen LogP contribution in [0.2, 0.25) is 0 Å². The van der Waals surface area contributed by atoms with Crippen LogP contribution < -0.4 is 0 Å². The molecule has 1 aromatic rings. The lowest BCUT2D eigenvalue weighted by atomic mass is 9.99. The molecule has 2 aliphatic rings. The second-order valence-electron chi connectivity index (χ2n) is 6.13. The van der Waals surface area contributed by atoms with Gasteiger partial charge in [-0.2, -0.15) is 5.10 Å². The van der Waals surface area contributed by atoms with Gasteiger partial charge < -0.3 is 14.4 Å². The molecule has 0 aromatic carbocycles. The molecule has 2 fully saturated rings. The average molecular weight is 307 g/mol. The minimum atomic E-state index is 0.0731. The second-order valence-corrected chi connectivity index (χ2v) is 6.13. The van der Waals surface area contributed by atoms with Crippen molar-refractivity contribution in [2.24, 2.45) is 7.05 Å². The Labute approximate surface area is 131 Å². The fourth-order valence-electron chi connectivity index (χ4n) is 3.38. The van der Waals surface area contributed by atoms with Crippen LogP contribution in [0.5, 0.6) is 0 Å². The van der Waals surface area contributed by atoms with E-state index in [4.69, 9.17) is 9.47 Å². The molecule has 0 aliphatic carbocycles. The van der Waals surface area contributed by atoms with E-state index in [2.05, 4.69) is 5.10 Å². The van der Waals surface area contributed by atoms with Crippen LogP contribution in [0.15, 0.2) is 12.3 Å². The molecule has 2 atom stereocenters. The summed E-state index contributed by atoms with van der Waals surface area (Å²) in [5, 5.41) is 4.23. The average Bonchev–Trinajstić information content (AvgIpc) is 3.19. The fourth-order valence-corrected chi connectivity index (χ4v) is 3.38. The Morgan fingerprint density at radius 3 is 3.05 bits per heavy atom. The van der Waals surface area contributed by atoms with E-state index in [0.717, 1.165) is 50.9 Å². The van der Waals surface area contributed by atoms with Gasteiger partial charge >= 0.3 is 0 Å². The fraction of sp³-hybridized carbons (Fsp3) is 0.750. The Kier molecular flexibility index (Phi) is 5.10. The molecule has 2 saturated heterocycles. The lowest BCUT2D eigenvalue weighted by Crippen LogP contribution is -2.41. The molecule has 0 radical (unpaired) electrons. The number of aryl methyl sites for hydroxylation is 1. The standard InChI is InChI=1S/C16H25N3O3/c1-18-14(7-8-17-18)15-6-2-3-9-19(15)16(20)12-21-11-13-5-4-10-22-13/h7-8,13,15H,2-6,9-12H2,1H3/t13-,15+/m1/s1. The Balaban J connectivity index is 1.55. The number of ether oxygens (including phenoxy) is 2. The van der Waals surface area contributed by atoms with Crippen LogP contribution in [0.4, 0.5) is 0 Å². The van der Waals surface area contributed by atoms with E-state index in [9.17, 15) is 4.79 Å². The lowest BCUT2D eigenvalue weighted by Gasteiger charge is -2.35. The molecule has 22 heavy (non-hydrogen) atoms. The van der Waals surface area contributed by atoms with E-state index in [1.54, 1.807) is 6.20 Å². The van der Waals surface area contributed by atoms with Crippen molar-refractivity contribution < 1.29 is 14.3 Å². The third-order valence-electron chi connectivity index (χ3n) is 4.58. The first-order valence-corrected chi connectivity index (χ1v) is 8.22. The molecule has 0 saturated carbocycles. The highest BCUT2D eigenvalue weighted by Gasteiger charge is 2.29. The first-order valence-electron chi connectivity index (χ1n) is 8.22. The minimum Gasteiger partial charge on any atom is -0.376 e. The number of aromatic nitrogens is 2. The monoisotopic (exact) mass is 307 g/mol. The third kappa shape index (κ3) is 3.50. The largest absolute Gasteiger partial charge is 0.376 e. The number of nitrogens with zero attached hydrogens (tertiary/aromatic N) is 3. The normalized spacial score (nSPS) is 25.6. The van der Waals surface area contributed by atoms with Crippen LogP contribution in [-0.2, 0) is 21.3 Å². The molecule has 3 heterocycles. The quantitative estimate of drug-likeness (QED) is 0.830. The Morgan fingerprint density at radius 1 is 1.41 bits per heavy atom. The predicted octanol–water partition coefficient (Wildman–Crippen LogP) is 1.67. The van der Waals surface area contributed by atoms with Crippen molar-refractivity contribution in [2.45, 2.75) is 44.2 Å². The van der Waals surface area contributed by atoms with Crippen molar-refractivity contribution in [3.8, 4) is 0 Å². The van der Waals surface area contributed by atoms with Gasteiger partial charge in [0.2, 0.25) is 5.91 Å². The van der Waals surface area contributed by atoms with E-state index < -0.39 is 0 Å². The lowest BCUT2D eigenvalue weighted by molar-refractivity contribution is -0.141. The number of piperidine rings is 1. The number of carbonyl (C=O) groups excluding carboxylic acids is 1. The predicted molar refractivity (Wildman–Crippen MR) is 81.3 cm³/mol. The van der Waals surface area contributed by atoms with Gasteiger partial charge in [0.15, 0.2) is 0 Å². The number of likely N-dealkylation sites (tertiary alicyclic amines) is 1. The SMILES string of the molecule is Cn1nccc1[C@@H]1CCCCN1C(=O)COC[C@H]1CCCO1. The van der Waals surface area contributed by atoms with Crippen LogP contribution in [-0.4, -0.2) is 53.1 Å². The molecule has 1 aromatic heterocycles. The van der Waals surface area contributed by atoms with Crippen molar-refractivity contribution in [2.75, 3.05) is 26.4 Å². The molecule has 2 aliphatic heterocycles. The van der Waals surface area contributed by atoms with Crippen molar-refractivity contribution in [1.29, 1.82) is 0 Å². The molecule has 0 N–H and O–H groups in total. The first-order chi connectivity index (χ1) is 10.8. The minimum absolute atomic E-state index is 0.0731. The van der Waals surface area contributed by atoms with Gasteiger partial charge in [0.25, 0.3) is 0 Å². The topological polar surface area (TPSA) is 56.6 Å². The summed E-state index contributed by atoms with van der Waals surface area (Å²) >= 11 is 0. The third-order valence-corrected chi connectivity index (χ3v) is 4.58. The first kappa shape index (κ1) is 15.5. The van der Waals surface area contributed by atoms with E-state index in [1.807, 2.05) is 22.7 Å². The highest BCUT2D eigenvalue weighted by molar-refractivity contribution is 5.78. The van der Waals surface area contributed by atoms with Gasteiger partial charge in [0, 0.05) is 26.4 Å². The van der Waals surface area contributed by atoms with Crippen molar-refractivity contribution in [3.63, 3.8) is 0 Å². The molecule has 3 rings (SSSR count). The van der Waals surface area contributed by atoms with Crippen LogP contribution >= 0.6 is 0 Å². The molecule has 0 spiro atoms. The maximum atomic E-state index is 12.5. The molecule has 6 heteroatoms. The summed E-state index contributed by atoms with van der Waals surface area (Å²) in [4.78, 5) is 14.5. The number of hydrogen-bond acceptors (Lipinski definition) is 4. The maximum absolute atomic E-state index is 12.5. The Bertz CT molecular complexity index is 497. The van der Waals surface area contributed by atoms with Gasteiger partial charge in [-0.3, -0.25) is 9.48 Å². The van der Waals surface area contributed by atoms with E-state index in [1.165, 1.54) is 0 Å². The number of carbonyl (C=O) groups is 1. The van der Waals surface area contributed by atoms with E-state index in [-0.39, 0.29) is 24.7 Å². The van der Waals surface area contributed by atoms with E-state index >= 15 is 0 Å². The highest BCUT2D eigenvalue weighted by atomic mass is 16.5. The zero-order chi connectivity index (χ0) is 15.4. The molecular weight excluding hydrogens is 282 g/mol. The Morgan fingerprint density at radius 2 is 2.32 bits per heavy atom. The number of hydrogen-bond donors (Lipinski definition) is 0. The molecule has 122 valence electrons. The van der Waals surface area contributed by atoms with Crippen LogP contribution in [0, 0.1) is 0 Å². The highest BCUT2D eigenvalue weighted by Crippen LogP contribution is 2.30. The van der Waals surface area contributed by atoms with Gasteiger partial charge in [-0.25, -0.2) is 0 Å². The van der Waals surface area contributed by atoms with Gasteiger partial charge in [0.1, 0.15) is 6.61 Å². The van der Waals surface area contributed by atoms with E-state index in [0.29, 0.717) is 6.61 Å². The second kappa shape index (κ2) is 7.24. The smallest absolute Gasteiger partial charge is 0.249 e. The van der Waals surface area contributed by atoms with Crippen LogP contribution in [0.1, 0.15) is 43.8 Å². The summed E-state index contributed by atoms with van der Waals surface area (Å²) in [7, 11) is 1.93. The summed E-state index contributed by atoms with van der Waals surface area (Å²) in [5.74, 6) is 0.0731. The van der Waals surface area contributed by atoms with Gasteiger partial charge in [0.05, 0.1) is 24.4 Å². The van der Waals surface area contributed by atoms with Crippen molar-refractivity contribution in [1.82, 2.24) is 14.7 Å². The molecule has 0 unspecified atom stereocenters. The number of rotatable bonds is 5. The summed E-state index contributed by atoms with van der Waals surface area (Å²) in [6, 6.07) is 2.13. The maximum Gasteiger partial charge on any atom is 0.249 e. The van der Waals surface area contributed by atoms with Gasteiger partial charge in [-0.15, -0.1) is 0 Å². The molecular formula is C16H25N3O3. The molecule has 1 amide bonds. The summed E-state index contributed by atoms with van der Waals surface area (Å²) < 4.78 is 13.0. The summed E-state index contributed by atoms with van der Waals surface area (Å²) in [6.07, 6.45) is 7.30. The summed E-state index contributed by atoms with van der Waals surface area (Å²) in [5.41, 5.74) is 1.10. The van der Waals surface area contributed by atoms with Crippen LogP contribution in [0.25, 0.3) is 0 Å². The molecule has 0 bridgehead atoms. The zero-order valence-corrected chi connectivity index (χ0v) is 13.2. The van der Waals surface area contributed by atoms with Gasteiger partial charge in [-0.05, 0) is 38.2 Å². The van der Waals surface area contributed by atoms with Crippen LogP contribution in [0.3, 0.4) is 0 Å².